The number of fused-ring (bicyclic) bond motifs is 1. The number of benzene rings is 2. The number of phenolic OH excluding ortho intramolecular Hbond substituents is 1. The summed E-state index contributed by atoms with van der Waals surface area (Å²) in [6.07, 6.45) is 0. The van der Waals surface area contributed by atoms with Crippen molar-refractivity contribution in [1.82, 2.24) is 0 Å². The fourth-order valence-electron chi connectivity index (χ4n) is 2.14. The molecule has 21 heavy (non-hydrogen) atoms. The summed E-state index contributed by atoms with van der Waals surface area (Å²) in [4.78, 5) is 12.2. The van der Waals surface area contributed by atoms with Crippen molar-refractivity contribution in [1.29, 1.82) is 0 Å². The highest BCUT2D eigenvalue weighted by Gasteiger charge is 2.16. The van der Waals surface area contributed by atoms with E-state index in [0.717, 1.165) is 5.56 Å². The lowest BCUT2D eigenvalue weighted by Crippen LogP contribution is -2.02. The Labute approximate surface area is 124 Å². The van der Waals surface area contributed by atoms with Gasteiger partial charge in [0.05, 0.1) is 10.4 Å². The zero-order valence-corrected chi connectivity index (χ0v) is 11.8. The molecule has 3 rings (SSSR count). The van der Waals surface area contributed by atoms with E-state index in [9.17, 15) is 15.0 Å². The Balaban J connectivity index is 2.33. The molecule has 0 aliphatic heterocycles. The van der Waals surface area contributed by atoms with Crippen LogP contribution in [0.25, 0.3) is 22.3 Å². The molecule has 0 spiro atoms. The predicted molar refractivity (Wildman–Crippen MR) is 81.0 cm³/mol. The van der Waals surface area contributed by atoms with Crippen molar-refractivity contribution in [2.75, 3.05) is 0 Å². The quantitative estimate of drug-likeness (QED) is 0.716. The van der Waals surface area contributed by atoms with Crippen LogP contribution in [0, 0.1) is 6.92 Å². The smallest absolute Gasteiger partial charge is 0.235 e. The molecule has 1 aromatic heterocycles. The van der Waals surface area contributed by atoms with Gasteiger partial charge in [0.1, 0.15) is 11.3 Å². The second kappa shape index (κ2) is 4.82. The molecule has 3 aromatic rings. The zero-order valence-electron chi connectivity index (χ0n) is 11.1. The van der Waals surface area contributed by atoms with Gasteiger partial charge in [-0.3, -0.25) is 4.79 Å². The van der Waals surface area contributed by atoms with Crippen LogP contribution in [-0.2, 0) is 0 Å². The first-order valence-electron chi connectivity index (χ1n) is 6.22. The van der Waals surface area contributed by atoms with E-state index in [-0.39, 0.29) is 16.5 Å². The van der Waals surface area contributed by atoms with Gasteiger partial charge in [0.15, 0.2) is 5.76 Å². The predicted octanol–water partition coefficient (Wildman–Crippen LogP) is 3.83. The third-order valence-electron chi connectivity index (χ3n) is 3.23. The lowest BCUT2D eigenvalue weighted by molar-refractivity contribution is 0.449. The highest BCUT2D eigenvalue weighted by Crippen LogP contribution is 2.34. The standard InChI is InChI=1S/C16H11ClO4/c1-8-2-5-13-10(6-8)14(19)15(20)16(21-13)9-3-4-12(18)11(17)7-9/h2-7,18,20H,1H3. The first-order chi connectivity index (χ1) is 9.97. The van der Waals surface area contributed by atoms with Crippen molar-refractivity contribution < 1.29 is 14.6 Å². The fourth-order valence-corrected chi connectivity index (χ4v) is 2.32. The second-order valence-corrected chi connectivity index (χ2v) is 5.18. The number of phenols is 1. The number of halogens is 1. The van der Waals surface area contributed by atoms with Gasteiger partial charge >= 0.3 is 0 Å². The van der Waals surface area contributed by atoms with Gasteiger partial charge in [-0.1, -0.05) is 23.2 Å². The summed E-state index contributed by atoms with van der Waals surface area (Å²) in [5.41, 5.74) is 1.19. The van der Waals surface area contributed by atoms with Crippen LogP contribution in [0.3, 0.4) is 0 Å². The Bertz CT molecular complexity index is 912. The summed E-state index contributed by atoms with van der Waals surface area (Å²) in [5, 5.41) is 19.9. The van der Waals surface area contributed by atoms with Crippen LogP contribution in [0.2, 0.25) is 5.02 Å². The van der Waals surface area contributed by atoms with Crippen LogP contribution in [0.15, 0.2) is 45.6 Å². The van der Waals surface area contributed by atoms with Crippen LogP contribution in [0.4, 0.5) is 0 Å². The molecule has 106 valence electrons. The summed E-state index contributed by atoms with van der Waals surface area (Å²) in [7, 11) is 0. The fraction of sp³-hybridized carbons (Fsp3) is 0.0625. The van der Waals surface area contributed by atoms with Crippen molar-refractivity contribution in [3.8, 4) is 22.8 Å². The normalized spacial score (nSPS) is 11.0. The molecule has 5 heteroatoms. The third kappa shape index (κ3) is 2.23. The van der Waals surface area contributed by atoms with Crippen LogP contribution in [-0.4, -0.2) is 10.2 Å². The maximum absolute atomic E-state index is 12.2. The molecule has 0 amide bonds. The Morgan fingerprint density at radius 1 is 1.10 bits per heavy atom. The highest BCUT2D eigenvalue weighted by molar-refractivity contribution is 6.32. The summed E-state index contributed by atoms with van der Waals surface area (Å²) < 4.78 is 5.62. The van der Waals surface area contributed by atoms with Gasteiger partial charge in [0.2, 0.25) is 11.2 Å². The summed E-state index contributed by atoms with van der Waals surface area (Å²) in [6.45, 7) is 1.85. The molecular formula is C16H11ClO4. The van der Waals surface area contributed by atoms with Gasteiger partial charge in [-0.25, -0.2) is 0 Å². The average molecular weight is 303 g/mol. The minimum Gasteiger partial charge on any atom is -0.506 e. The molecule has 0 aliphatic carbocycles. The monoisotopic (exact) mass is 302 g/mol. The van der Waals surface area contributed by atoms with E-state index in [2.05, 4.69) is 0 Å². The van der Waals surface area contributed by atoms with Crippen molar-refractivity contribution in [2.24, 2.45) is 0 Å². The van der Waals surface area contributed by atoms with Gasteiger partial charge in [-0.05, 0) is 37.3 Å². The van der Waals surface area contributed by atoms with Crippen molar-refractivity contribution in [2.45, 2.75) is 6.92 Å². The number of aromatic hydroxyl groups is 2. The topological polar surface area (TPSA) is 70.7 Å². The van der Waals surface area contributed by atoms with E-state index in [1.165, 1.54) is 18.2 Å². The first kappa shape index (κ1) is 13.5. The Morgan fingerprint density at radius 2 is 1.86 bits per heavy atom. The molecule has 0 atom stereocenters. The highest BCUT2D eigenvalue weighted by atomic mass is 35.5. The Hall–Kier alpha value is -2.46. The molecule has 0 radical (unpaired) electrons. The summed E-state index contributed by atoms with van der Waals surface area (Å²) in [6, 6.07) is 9.46. The number of hydrogen-bond donors (Lipinski definition) is 2. The molecule has 0 saturated carbocycles. The molecule has 0 fully saturated rings. The molecule has 0 bridgehead atoms. The molecule has 0 aliphatic rings. The van der Waals surface area contributed by atoms with Crippen molar-refractivity contribution >= 4 is 22.6 Å². The minimum absolute atomic E-state index is 0.0262. The van der Waals surface area contributed by atoms with E-state index in [1.807, 2.05) is 13.0 Å². The summed E-state index contributed by atoms with van der Waals surface area (Å²) in [5.74, 6) is -0.535. The molecule has 2 N–H and O–H groups in total. The van der Waals surface area contributed by atoms with Crippen molar-refractivity contribution in [3.63, 3.8) is 0 Å². The lowest BCUT2D eigenvalue weighted by Gasteiger charge is -2.07. The summed E-state index contributed by atoms with van der Waals surface area (Å²) >= 11 is 5.84. The maximum atomic E-state index is 12.2. The SMILES string of the molecule is Cc1ccc2oc(-c3ccc(O)c(Cl)c3)c(O)c(=O)c2c1. The van der Waals surface area contributed by atoms with Crippen LogP contribution < -0.4 is 5.43 Å². The van der Waals surface area contributed by atoms with E-state index >= 15 is 0 Å². The molecular weight excluding hydrogens is 292 g/mol. The second-order valence-electron chi connectivity index (χ2n) is 4.77. The first-order valence-corrected chi connectivity index (χ1v) is 6.60. The third-order valence-corrected chi connectivity index (χ3v) is 3.53. The van der Waals surface area contributed by atoms with Gasteiger partial charge in [0.25, 0.3) is 0 Å². The molecule has 4 nitrogen and oxygen atoms in total. The minimum atomic E-state index is -0.501. The van der Waals surface area contributed by atoms with E-state index in [1.54, 1.807) is 12.1 Å². The largest absolute Gasteiger partial charge is 0.506 e. The van der Waals surface area contributed by atoms with Crippen LogP contribution in [0.1, 0.15) is 5.56 Å². The Kier molecular flexibility index (Phi) is 3.11. The lowest BCUT2D eigenvalue weighted by atomic mass is 10.1. The molecule has 2 aromatic carbocycles. The zero-order chi connectivity index (χ0) is 15.1. The van der Waals surface area contributed by atoms with Gasteiger partial charge in [-0.2, -0.15) is 0 Å². The molecule has 0 saturated heterocycles. The van der Waals surface area contributed by atoms with E-state index in [4.69, 9.17) is 16.0 Å². The Morgan fingerprint density at radius 3 is 2.57 bits per heavy atom. The van der Waals surface area contributed by atoms with Gasteiger partial charge < -0.3 is 14.6 Å². The van der Waals surface area contributed by atoms with Crippen molar-refractivity contribution in [3.05, 3.63) is 57.2 Å². The molecule has 0 unspecified atom stereocenters. The number of hydrogen-bond acceptors (Lipinski definition) is 4. The average Bonchev–Trinajstić information content (AvgIpc) is 2.46. The van der Waals surface area contributed by atoms with E-state index < -0.39 is 11.2 Å². The van der Waals surface area contributed by atoms with E-state index in [0.29, 0.717) is 16.5 Å². The van der Waals surface area contributed by atoms with Gasteiger partial charge in [-0.15, -0.1) is 0 Å². The number of aryl methyl sites for hydroxylation is 1. The van der Waals surface area contributed by atoms with Crippen LogP contribution >= 0.6 is 11.6 Å². The molecule has 1 heterocycles. The maximum Gasteiger partial charge on any atom is 0.235 e. The van der Waals surface area contributed by atoms with Gasteiger partial charge in [0, 0.05) is 5.56 Å². The van der Waals surface area contributed by atoms with Crippen LogP contribution in [0.5, 0.6) is 11.5 Å². The number of rotatable bonds is 1.